The van der Waals surface area contributed by atoms with Gasteiger partial charge in [0.2, 0.25) is 0 Å². The van der Waals surface area contributed by atoms with E-state index in [4.69, 9.17) is 26.8 Å². The third-order valence-electron chi connectivity index (χ3n) is 3.37. The quantitative estimate of drug-likeness (QED) is 0.719. The Morgan fingerprint density at radius 2 is 1.85 bits per heavy atom. The molecule has 0 radical (unpaired) electrons. The normalized spacial score (nSPS) is 12.2. The van der Waals surface area contributed by atoms with Crippen molar-refractivity contribution >= 4 is 29.8 Å². The van der Waals surface area contributed by atoms with Crippen molar-refractivity contribution in [1.29, 1.82) is 0 Å². The number of hydrogen-bond donors (Lipinski definition) is 2. The molecule has 0 aliphatic carbocycles. The van der Waals surface area contributed by atoms with Crippen molar-refractivity contribution in [1.82, 2.24) is 4.90 Å². The number of carbonyl (C=O) groups is 3. The molecule has 1 aromatic rings. The molecule has 0 saturated heterocycles. The van der Waals surface area contributed by atoms with Gasteiger partial charge in [0.15, 0.2) is 0 Å². The summed E-state index contributed by atoms with van der Waals surface area (Å²) in [4.78, 5) is 37.1. The monoisotopic (exact) mass is 400 g/mol. The minimum absolute atomic E-state index is 0.0216. The van der Waals surface area contributed by atoms with E-state index in [1.54, 1.807) is 45.0 Å². The highest BCUT2D eigenvalue weighted by molar-refractivity contribution is 6.31. The zero-order valence-electron chi connectivity index (χ0n) is 15.6. The van der Waals surface area contributed by atoms with Crippen LogP contribution < -0.4 is 5.73 Å². The van der Waals surface area contributed by atoms with Gasteiger partial charge in [-0.05, 0) is 46.2 Å². The molecule has 0 aliphatic heterocycles. The van der Waals surface area contributed by atoms with Gasteiger partial charge in [-0.25, -0.2) is 14.4 Å². The number of aliphatic carboxylic acids is 1. The van der Waals surface area contributed by atoms with Crippen LogP contribution in [0.3, 0.4) is 0 Å². The van der Waals surface area contributed by atoms with Crippen LogP contribution in [0.4, 0.5) is 9.59 Å². The van der Waals surface area contributed by atoms with Crippen LogP contribution in [0.25, 0.3) is 0 Å². The molecule has 0 spiro atoms. The largest absolute Gasteiger partial charge is 0.480 e. The van der Waals surface area contributed by atoms with Gasteiger partial charge in [0.1, 0.15) is 18.2 Å². The Labute approximate surface area is 163 Å². The summed E-state index contributed by atoms with van der Waals surface area (Å²) < 4.78 is 10.3. The van der Waals surface area contributed by atoms with Crippen LogP contribution in [0.1, 0.15) is 39.2 Å². The first-order valence-corrected chi connectivity index (χ1v) is 8.80. The molecule has 8 nitrogen and oxygen atoms in total. The number of nitrogens with zero attached hydrogens (tertiary/aromatic N) is 1. The summed E-state index contributed by atoms with van der Waals surface area (Å²) in [6.45, 7) is 4.80. The van der Waals surface area contributed by atoms with E-state index < -0.39 is 29.8 Å². The number of amides is 2. The van der Waals surface area contributed by atoms with E-state index in [0.29, 0.717) is 21.9 Å². The number of rotatable bonds is 7. The molecule has 0 heterocycles. The van der Waals surface area contributed by atoms with Crippen molar-refractivity contribution in [2.45, 2.75) is 51.9 Å². The molecule has 0 saturated carbocycles. The molecule has 0 bridgehead atoms. The number of halogens is 1. The van der Waals surface area contributed by atoms with Crippen molar-refractivity contribution in [2.75, 3.05) is 6.54 Å². The van der Waals surface area contributed by atoms with Crippen molar-refractivity contribution < 1.29 is 29.0 Å². The molecule has 1 atom stereocenters. The smallest absolute Gasteiger partial charge is 0.420 e. The van der Waals surface area contributed by atoms with E-state index in [1.165, 1.54) is 0 Å². The lowest BCUT2D eigenvalue weighted by Crippen LogP contribution is -2.50. The number of hydrogen-bond acceptors (Lipinski definition) is 6. The Kier molecular flexibility index (Phi) is 8.52. The highest BCUT2D eigenvalue weighted by Gasteiger charge is 2.38. The van der Waals surface area contributed by atoms with Crippen LogP contribution in [-0.4, -0.2) is 46.3 Å². The summed E-state index contributed by atoms with van der Waals surface area (Å²) in [6.07, 6.45) is -1.95. The summed E-state index contributed by atoms with van der Waals surface area (Å²) in [7, 11) is 0. The fourth-order valence-electron chi connectivity index (χ4n) is 2.14. The van der Waals surface area contributed by atoms with Gasteiger partial charge in [-0.15, -0.1) is 0 Å². The third kappa shape index (κ3) is 7.44. The number of ether oxygens (including phenoxy) is 2. The molecular weight excluding hydrogens is 376 g/mol. The van der Waals surface area contributed by atoms with Crippen LogP contribution in [0.5, 0.6) is 0 Å². The second-order valence-corrected chi connectivity index (χ2v) is 7.19. The summed E-state index contributed by atoms with van der Waals surface area (Å²) in [6, 6.07) is 5.24. The molecule has 1 aromatic carbocycles. The maximum Gasteiger partial charge on any atom is 0.420 e. The van der Waals surface area contributed by atoms with Crippen molar-refractivity contribution in [3.05, 3.63) is 34.9 Å². The number of benzene rings is 1. The molecule has 150 valence electrons. The Hall–Kier alpha value is -2.32. The molecule has 9 heteroatoms. The topological polar surface area (TPSA) is 119 Å². The van der Waals surface area contributed by atoms with E-state index in [2.05, 4.69) is 0 Å². The Morgan fingerprint density at radius 1 is 1.22 bits per heavy atom. The van der Waals surface area contributed by atoms with Crippen LogP contribution >= 0.6 is 11.6 Å². The van der Waals surface area contributed by atoms with Crippen LogP contribution in [0.15, 0.2) is 24.3 Å². The summed E-state index contributed by atoms with van der Waals surface area (Å²) in [5.74, 6) is -1.36. The summed E-state index contributed by atoms with van der Waals surface area (Å²) in [5, 5.41) is 9.86. The molecule has 1 rings (SSSR count). The summed E-state index contributed by atoms with van der Waals surface area (Å²) >= 11 is 6.01. The lowest BCUT2D eigenvalue weighted by atomic mass is 10.1. The lowest BCUT2D eigenvalue weighted by Gasteiger charge is -2.29. The number of carbonyl (C=O) groups excluding carboxylic acids is 2. The van der Waals surface area contributed by atoms with Crippen molar-refractivity contribution in [2.24, 2.45) is 5.73 Å². The van der Waals surface area contributed by atoms with E-state index in [0.717, 1.165) is 0 Å². The van der Waals surface area contributed by atoms with Crippen LogP contribution in [-0.2, 0) is 20.9 Å². The Morgan fingerprint density at radius 3 is 2.37 bits per heavy atom. The van der Waals surface area contributed by atoms with Crippen LogP contribution in [0, 0.1) is 0 Å². The van der Waals surface area contributed by atoms with Crippen LogP contribution in [0.2, 0.25) is 5.02 Å². The Balaban J connectivity index is 3.03. The average Bonchev–Trinajstić information content (AvgIpc) is 2.55. The standard InChI is InChI=1S/C18H25ClN2O6/c1-18(2,3)27-17(25)21(14(15(22)23)9-6-10-20)16(24)26-11-12-7-4-5-8-13(12)19/h4-5,7-8,14H,6,9-11,20H2,1-3H3,(H,22,23)/t14-/m0/s1. The third-order valence-corrected chi connectivity index (χ3v) is 3.74. The molecule has 0 aliphatic rings. The van der Waals surface area contributed by atoms with Gasteiger partial charge in [0.05, 0.1) is 0 Å². The fourth-order valence-corrected chi connectivity index (χ4v) is 2.33. The first-order chi connectivity index (χ1) is 12.6. The SMILES string of the molecule is CC(C)(C)OC(=O)N(C(=O)OCc1ccccc1Cl)[C@@H](CCCN)C(=O)O. The van der Waals surface area contributed by atoms with Gasteiger partial charge in [-0.2, -0.15) is 4.90 Å². The Bertz CT molecular complexity index is 674. The minimum atomic E-state index is -1.46. The van der Waals surface area contributed by atoms with Gasteiger partial charge in [0.25, 0.3) is 0 Å². The maximum atomic E-state index is 12.5. The summed E-state index contributed by atoms with van der Waals surface area (Å²) in [5.41, 5.74) is 5.02. The fraction of sp³-hybridized carbons (Fsp3) is 0.500. The van der Waals surface area contributed by atoms with Gasteiger partial charge >= 0.3 is 18.2 Å². The van der Waals surface area contributed by atoms with E-state index in [-0.39, 0.29) is 19.6 Å². The second-order valence-electron chi connectivity index (χ2n) is 6.78. The molecular formula is C18H25ClN2O6. The predicted octanol–water partition coefficient (Wildman–Crippen LogP) is 3.41. The van der Waals surface area contributed by atoms with Gasteiger partial charge in [0, 0.05) is 10.6 Å². The number of carboxylic acid groups (broad SMARTS) is 1. The van der Waals surface area contributed by atoms with Gasteiger partial charge < -0.3 is 20.3 Å². The number of carboxylic acids is 1. The number of imide groups is 1. The molecule has 3 N–H and O–H groups in total. The molecule has 0 fully saturated rings. The van der Waals surface area contributed by atoms with Crippen molar-refractivity contribution in [3.63, 3.8) is 0 Å². The first-order valence-electron chi connectivity index (χ1n) is 8.42. The first kappa shape index (κ1) is 22.7. The second kappa shape index (κ2) is 10.1. The minimum Gasteiger partial charge on any atom is -0.480 e. The highest BCUT2D eigenvalue weighted by Crippen LogP contribution is 2.19. The average molecular weight is 401 g/mol. The predicted molar refractivity (Wildman–Crippen MR) is 99.4 cm³/mol. The zero-order chi connectivity index (χ0) is 20.6. The van der Waals surface area contributed by atoms with Gasteiger partial charge in [-0.3, -0.25) is 0 Å². The molecule has 27 heavy (non-hydrogen) atoms. The molecule has 0 aromatic heterocycles. The molecule has 2 amide bonds. The van der Waals surface area contributed by atoms with E-state index in [9.17, 15) is 19.5 Å². The molecule has 0 unspecified atom stereocenters. The van der Waals surface area contributed by atoms with E-state index >= 15 is 0 Å². The van der Waals surface area contributed by atoms with E-state index in [1.807, 2.05) is 0 Å². The highest BCUT2D eigenvalue weighted by atomic mass is 35.5. The zero-order valence-corrected chi connectivity index (χ0v) is 16.4. The lowest BCUT2D eigenvalue weighted by molar-refractivity contribution is -0.143. The number of nitrogens with two attached hydrogens (primary N) is 1. The maximum absolute atomic E-state index is 12.5. The van der Waals surface area contributed by atoms with Crippen molar-refractivity contribution in [3.8, 4) is 0 Å². The van der Waals surface area contributed by atoms with Gasteiger partial charge in [-0.1, -0.05) is 29.8 Å².